The number of carbonyl (C=O) groups is 1. The third kappa shape index (κ3) is 3.92. The van der Waals surface area contributed by atoms with E-state index in [1.165, 1.54) is 11.3 Å². The normalized spacial score (nSPS) is 10.6. The Morgan fingerprint density at radius 2 is 2.19 bits per heavy atom. The van der Waals surface area contributed by atoms with Crippen LogP contribution in [0.2, 0.25) is 0 Å². The number of nitrogens with one attached hydrogen (secondary N) is 1. The number of nitrogen functional groups attached to an aromatic ring is 1. The van der Waals surface area contributed by atoms with E-state index in [2.05, 4.69) is 34.0 Å². The summed E-state index contributed by atoms with van der Waals surface area (Å²) in [5.74, 6) is 0.131. The molecule has 0 saturated carbocycles. The van der Waals surface area contributed by atoms with Gasteiger partial charge in [-0.1, -0.05) is 11.3 Å². The first-order valence-electron chi connectivity index (χ1n) is 6.82. The predicted molar refractivity (Wildman–Crippen MR) is 88.2 cm³/mol. The van der Waals surface area contributed by atoms with Crippen LogP contribution in [0.15, 0.2) is 10.9 Å². The van der Waals surface area contributed by atoms with E-state index in [-0.39, 0.29) is 5.91 Å². The number of hydrogen-bond acceptors (Lipinski definition) is 7. The van der Waals surface area contributed by atoms with E-state index in [4.69, 9.17) is 5.73 Å². The van der Waals surface area contributed by atoms with E-state index < -0.39 is 0 Å². The smallest absolute Gasteiger partial charge is 0.265 e. The van der Waals surface area contributed by atoms with Crippen molar-refractivity contribution < 1.29 is 4.79 Å². The molecule has 0 fully saturated rings. The van der Waals surface area contributed by atoms with Gasteiger partial charge in [0.15, 0.2) is 5.13 Å². The maximum atomic E-state index is 12.1. The number of nitrogens with two attached hydrogens (primary N) is 1. The molecule has 0 radical (unpaired) electrons. The summed E-state index contributed by atoms with van der Waals surface area (Å²) in [6, 6.07) is 0. The van der Waals surface area contributed by atoms with E-state index in [0.717, 1.165) is 30.3 Å². The van der Waals surface area contributed by atoms with Crippen molar-refractivity contribution in [1.29, 1.82) is 0 Å². The second kappa shape index (κ2) is 7.37. The fourth-order valence-electron chi connectivity index (χ4n) is 1.86. The van der Waals surface area contributed by atoms with Crippen LogP contribution in [0.4, 0.5) is 10.9 Å². The molecule has 2 aromatic heterocycles. The van der Waals surface area contributed by atoms with Gasteiger partial charge in [0, 0.05) is 31.4 Å². The van der Waals surface area contributed by atoms with Gasteiger partial charge in [0.05, 0.1) is 11.2 Å². The largest absolute Gasteiger partial charge is 0.382 e. The predicted octanol–water partition coefficient (Wildman–Crippen LogP) is 2.00. The Hall–Kier alpha value is -1.67. The van der Waals surface area contributed by atoms with Crippen molar-refractivity contribution in [3.05, 3.63) is 21.5 Å². The van der Waals surface area contributed by atoms with Crippen molar-refractivity contribution in [2.75, 3.05) is 30.3 Å². The van der Waals surface area contributed by atoms with Gasteiger partial charge in [-0.2, -0.15) is 0 Å². The first kappa shape index (κ1) is 15.7. The summed E-state index contributed by atoms with van der Waals surface area (Å²) in [6.45, 7) is 6.33. The minimum atomic E-state index is -0.168. The average molecular weight is 325 g/mol. The molecule has 2 heterocycles. The van der Waals surface area contributed by atoms with E-state index in [0.29, 0.717) is 17.2 Å². The Kier molecular flexibility index (Phi) is 5.51. The summed E-state index contributed by atoms with van der Waals surface area (Å²) < 4.78 is 0. The molecule has 114 valence electrons. The molecule has 0 bridgehead atoms. The van der Waals surface area contributed by atoms with Crippen molar-refractivity contribution in [1.82, 2.24) is 15.3 Å². The van der Waals surface area contributed by atoms with Crippen LogP contribution < -0.4 is 16.0 Å². The number of anilines is 2. The lowest BCUT2D eigenvalue weighted by Gasteiger charge is -2.16. The molecule has 3 N–H and O–H groups in total. The average Bonchev–Trinajstić information content (AvgIpc) is 3.10. The summed E-state index contributed by atoms with van der Waals surface area (Å²) in [5.41, 5.74) is 8.63. The molecule has 21 heavy (non-hydrogen) atoms. The maximum Gasteiger partial charge on any atom is 0.265 e. The summed E-state index contributed by atoms with van der Waals surface area (Å²) in [4.78, 5) is 23.2. The number of thiazole rings is 2. The van der Waals surface area contributed by atoms with E-state index >= 15 is 0 Å². The SMILES string of the molecule is CCN(CC)c1nc(N)c(C(=O)NCCc2cscn2)s1. The summed E-state index contributed by atoms with van der Waals surface area (Å²) >= 11 is 2.89. The third-order valence-electron chi connectivity index (χ3n) is 3.03. The van der Waals surface area contributed by atoms with Gasteiger partial charge in [-0.15, -0.1) is 11.3 Å². The van der Waals surface area contributed by atoms with Crippen molar-refractivity contribution in [2.45, 2.75) is 20.3 Å². The lowest BCUT2D eigenvalue weighted by molar-refractivity contribution is 0.0959. The highest BCUT2D eigenvalue weighted by Gasteiger charge is 2.18. The van der Waals surface area contributed by atoms with Crippen LogP contribution in [0.25, 0.3) is 0 Å². The Bertz CT molecular complexity index is 577. The zero-order valence-corrected chi connectivity index (χ0v) is 13.8. The molecular formula is C13H19N5OS2. The van der Waals surface area contributed by atoms with Crippen molar-refractivity contribution in [3.63, 3.8) is 0 Å². The number of aromatic nitrogens is 2. The molecule has 2 aromatic rings. The monoisotopic (exact) mass is 325 g/mol. The van der Waals surface area contributed by atoms with Crippen LogP contribution in [-0.2, 0) is 6.42 Å². The van der Waals surface area contributed by atoms with Gasteiger partial charge in [0.2, 0.25) is 0 Å². The Balaban J connectivity index is 1.95. The molecule has 0 aliphatic rings. The second-order valence-corrected chi connectivity index (χ2v) is 6.06. The zero-order valence-electron chi connectivity index (χ0n) is 12.1. The van der Waals surface area contributed by atoms with Crippen molar-refractivity contribution >= 4 is 39.5 Å². The maximum absolute atomic E-state index is 12.1. The first-order chi connectivity index (χ1) is 10.2. The molecule has 1 amide bonds. The van der Waals surface area contributed by atoms with Crippen LogP contribution in [-0.4, -0.2) is 35.5 Å². The number of carbonyl (C=O) groups excluding carboxylic acids is 1. The molecule has 0 aliphatic carbocycles. The highest BCUT2D eigenvalue weighted by Crippen LogP contribution is 2.27. The Labute approximate surface area is 132 Å². The van der Waals surface area contributed by atoms with Gasteiger partial charge in [-0.3, -0.25) is 4.79 Å². The molecule has 0 unspecified atom stereocenters. The number of amides is 1. The van der Waals surface area contributed by atoms with Crippen LogP contribution in [0, 0.1) is 0 Å². The van der Waals surface area contributed by atoms with E-state index in [1.54, 1.807) is 16.8 Å². The van der Waals surface area contributed by atoms with E-state index in [1.807, 2.05) is 5.38 Å². The Morgan fingerprint density at radius 1 is 1.43 bits per heavy atom. The Morgan fingerprint density at radius 3 is 2.81 bits per heavy atom. The third-order valence-corrected chi connectivity index (χ3v) is 4.80. The van der Waals surface area contributed by atoms with Gasteiger partial charge < -0.3 is 16.0 Å². The van der Waals surface area contributed by atoms with Crippen LogP contribution in [0.1, 0.15) is 29.2 Å². The molecule has 2 rings (SSSR count). The second-order valence-electron chi connectivity index (χ2n) is 4.37. The van der Waals surface area contributed by atoms with Crippen molar-refractivity contribution in [2.24, 2.45) is 0 Å². The summed E-state index contributed by atoms with van der Waals surface area (Å²) in [5, 5.41) is 5.64. The van der Waals surface area contributed by atoms with Gasteiger partial charge >= 0.3 is 0 Å². The van der Waals surface area contributed by atoms with Gasteiger partial charge in [0.1, 0.15) is 10.7 Å². The standard InChI is InChI=1S/C13H19N5OS2/c1-3-18(4-2)13-17-11(14)10(21-13)12(19)15-6-5-9-7-20-8-16-9/h7-8H,3-6,14H2,1-2H3,(H,15,19). The molecule has 0 aromatic carbocycles. The zero-order chi connectivity index (χ0) is 15.2. The molecular weight excluding hydrogens is 306 g/mol. The molecule has 0 spiro atoms. The fraction of sp³-hybridized carbons (Fsp3) is 0.462. The minimum absolute atomic E-state index is 0.168. The summed E-state index contributed by atoms with van der Waals surface area (Å²) in [6.07, 6.45) is 0.719. The quantitative estimate of drug-likeness (QED) is 0.813. The molecule has 0 atom stereocenters. The highest BCUT2D eigenvalue weighted by atomic mass is 32.1. The molecule has 6 nitrogen and oxygen atoms in total. The molecule has 0 aliphatic heterocycles. The topological polar surface area (TPSA) is 84.1 Å². The van der Waals surface area contributed by atoms with E-state index in [9.17, 15) is 4.79 Å². The fourth-order valence-corrected chi connectivity index (χ4v) is 3.48. The molecule has 0 saturated heterocycles. The highest BCUT2D eigenvalue weighted by molar-refractivity contribution is 7.18. The first-order valence-corrected chi connectivity index (χ1v) is 8.58. The van der Waals surface area contributed by atoms with Gasteiger partial charge in [-0.05, 0) is 13.8 Å². The van der Waals surface area contributed by atoms with Gasteiger partial charge in [-0.25, -0.2) is 9.97 Å². The lowest BCUT2D eigenvalue weighted by Crippen LogP contribution is -2.25. The summed E-state index contributed by atoms with van der Waals surface area (Å²) in [7, 11) is 0. The number of rotatable bonds is 7. The van der Waals surface area contributed by atoms with Crippen LogP contribution in [0.3, 0.4) is 0 Å². The van der Waals surface area contributed by atoms with Crippen LogP contribution in [0.5, 0.6) is 0 Å². The number of hydrogen-bond donors (Lipinski definition) is 2. The molecule has 8 heteroatoms. The van der Waals surface area contributed by atoms with Crippen molar-refractivity contribution in [3.8, 4) is 0 Å². The number of nitrogens with zero attached hydrogens (tertiary/aromatic N) is 3. The lowest BCUT2D eigenvalue weighted by atomic mass is 10.3. The van der Waals surface area contributed by atoms with Gasteiger partial charge in [0.25, 0.3) is 5.91 Å². The van der Waals surface area contributed by atoms with Crippen LogP contribution >= 0.6 is 22.7 Å². The minimum Gasteiger partial charge on any atom is -0.382 e.